The highest BCUT2D eigenvalue weighted by atomic mass is 16.4. The molecule has 0 unspecified atom stereocenters. The molecule has 0 radical (unpaired) electrons. The molecule has 0 atom stereocenters. The fourth-order valence-electron chi connectivity index (χ4n) is 2.14. The van der Waals surface area contributed by atoms with Crippen LogP contribution in [0.4, 0.5) is 5.69 Å². The number of fused-ring (bicyclic) bond motifs is 1. The second-order valence-corrected chi connectivity index (χ2v) is 5.27. The number of nitrogens with one attached hydrogen (secondary N) is 1. The number of carbonyl (C=O) groups is 2. The van der Waals surface area contributed by atoms with Gasteiger partial charge >= 0.3 is 0 Å². The maximum absolute atomic E-state index is 12.0. The number of ketones is 1. The summed E-state index contributed by atoms with van der Waals surface area (Å²) >= 11 is 0. The van der Waals surface area contributed by atoms with E-state index in [-0.39, 0.29) is 18.1 Å². The molecule has 5 nitrogen and oxygen atoms in total. The minimum Gasteiger partial charge on any atom is -0.411 e. The first-order valence-electron chi connectivity index (χ1n) is 6.03. The molecule has 1 aromatic carbocycles. The van der Waals surface area contributed by atoms with Crippen molar-refractivity contribution < 1.29 is 14.8 Å². The summed E-state index contributed by atoms with van der Waals surface area (Å²) in [5.41, 5.74) is 1.86. The molecule has 1 heterocycles. The molecule has 0 bridgehead atoms. The summed E-state index contributed by atoms with van der Waals surface area (Å²) in [6.45, 7) is 5.27. The Morgan fingerprint density at radius 3 is 2.74 bits per heavy atom. The first-order valence-corrected chi connectivity index (χ1v) is 6.03. The zero-order valence-corrected chi connectivity index (χ0v) is 11.2. The topological polar surface area (TPSA) is 78.8 Å². The van der Waals surface area contributed by atoms with Gasteiger partial charge in [-0.25, -0.2) is 0 Å². The Balaban J connectivity index is 2.32. The number of nitrogens with zero attached hydrogens (tertiary/aromatic N) is 1. The first kappa shape index (κ1) is 13.3. The molecule has 0 saturated carbocycles. The molecule has 0 aliphatic carbocycles. The molecular formula is C14H16N2O3. The second-order valence-electron chi connectivity index (χ2n) is 5.27. The lowest BCUT2D eigenvalue weighted by atomic mass is 9.85. The number of anilines is 1. The summed E-state index contributed by atoms with van der Waals surface area (Å²) in [4.78, 5) is 23.8. The van der Waals surface area contributed by atoms with Gasteiger partial charge in [-0.1, -0.05) is 17.3 Å². The van der Waals surface area contributed by atoms with Crippen molar-refractivity contribution in [3.05, 3.63) is 29.3 Å². The third-order valence-corrected chi connectivity index (χ3v) is 3.42. The van der Waals surface area contributed by atoms with E-state index in [9.17, 15) is 9.59 Å². The van der Waals surface area contributed by atoms with Crippen molar-refractivity contribution in [1.29, 1.82) is 0 Å². The third kappa shape index (κ3) is 2.23. The summed E-state index contributed by atoms with van der Waals surface area (Å²) in [6.07, 6.45) is 0.0621. The maximum Gasteiger partial charge on any atom is 0.234 e. The van der Waals surface area contributed by atoms with Gasteiger partial charge in [-0.05, 0) is 32.4 Å². The molecule has 1 aliphatic rings. The Morgan fingerprint density at radius 1 is 1.42 bits per heavy atom. The quantitative estimate of drug-likeness (QED) is 0.379. The van der Waals surface area contributed by atoms with E-state index in [0.717, 1.165) is 5.56 Å². The zero-order valence-electron chi connectivity index (χ0n) is 11.2. The summed E-state index contributed by atoms with van der Waals surface area (Å²) in [5, 5.41) is 14.3. The van der Waals surface area contributed by atoms with Crippen LogP contribution in [-0.2, 0) is 10.2 Å². The van der Waals surface area contributed by atoms with Gasteiger partial charge in [-0.2, -0.15) is 0 Å². The van der Waals surface area contributed by atoms with Crippen molar-refractivity contribution in [3.63, 3.8) is 0 Å². The summed E-state index contributed by atoms with van der Waals surface area (Å²) in [7, 11) is 0. The Hall–Kier alpha value is -2.17. The number of amides is 1. The van der Waals surface area contributed by atoms with Crippen LogP contribution < -0.4 is 5.32 Å². The molecule has 0 aromatic heterocycles. The molecule has 2 N–H and O–H groups in total. The number of benzene rings is 1. The molecule has 2 rings (SSSR count). The lowest BCUT2D eigenvalue weighted by Gasteiger charge is -2.14. The minimum atomic E-state index is -0.570. The highest BCUT2D eigenvalue weighted by Gasteiger charge is 2.38. The number of carbonyl (C=O) groups excluding carboxylic acids is 2. The van der Waals surface area contributed by atoms with E-state index < -0.39 is 5.41 Å². The molecule has 1 aliphatic heterocycles. The van der Waals surface area contributed by atoms with Crippen molar-refractivity contribution in [1.82, 2.24) is 0 Å². The predicted octanol–water partition coefficient (Wildman–Crippen LogP) is 2.34. The van der Waals surface area contributed by atoms with Crippen LogP contribution in [0.25, 0.3) is 0 Å². The fraction of sp³-hybridized carbons (Fsp3) is 0.357. The van der Waals surface area contributed by atoms with E-state index >= 15 is 0 Å². The van der Waals surface area contributed by atoms with Crippen LogP contribution >= 0.6 is 0 Å². The van der Waals surface area contributed by atoms with Gasteiger partial charge in [0.05, 0.1) is 17.5 Å². The van der Waals surface area contributed by atoms with Gasteiger partial charge in [-0.3, -0.25) is 9.59 Å². The lowest BCUT2D eigenvalue weighted by Crippen LogP contribution is -2.26. The number of oxime groups is 1. The first-order chi connectivity index (χ1) is 8.86. The van der Waals surface area contributed by atoms with Gasteiger partial charge in [0.1, 0.15) is 0 Å². The third-order valence-electron chi connectivity index (χ3n) is 3.42. The van der Waals surface area contributed by atoms with Crippen molar-refractivity contribution in [2.75, 3.05) is 5.32 Å². The van der Waals surface area contributed by atoms with Crippen LogP contribution in [0.1, 0.15) is 43.1 Å². The normalized spacial score (nSPS) is 17.0. The molecule has 1 amide bonds. The van der Waals surface area contributed by atoms with Gasteiger partial charge in [0, 0.05) is 11.3 Å². The number of rotatable bonds is 3. The fourth-order valence-corrected chi connectivity index (χ4v) is 2.14. The molecule has 0 fully saturated rings. The Morgan fingerprint density at radius 2 is 2.11 bits per heavy atom. The van der Waals surface area contributed by atoms with E-state index in [2.05, 4.69) is 10.5 Å². The Kier molecular flexibility index (Phi) is 3.14. The molecule has 100 valence electrons. The number of hydrogen-bond acceptors (Lipinski definition) is 4. The van der Waals surface area contributed by atoms with Gasteiger partial charge in [0.25, 0.3) is 0 Å². The minimum absolute atomic E-state index is 0.0621. The van der Waals surface area contributed by atoms with Crippen LogP contribution in [0.2, 0.25) is 0 Å². The van der Waals surface area contributed by atoms with Crippen molar-refractivity contribution in [2.45, 2.75) is 32.6 Å². The monoisotopic (exact) mass is 260 g/mol. The van der Waals surface area contributed by atoms with E-state index in [1.165, 1.54) is 0 Å². The van der Waals surface area contributed by atoms with E-state index in [1.54, 1.807) is 25.1 Å². The standard InChI is InChI=1S/C14H16N2O3/c1-8(16-19)6-12(17)9-4-5-10-11(7-9)15-13(18)14(10,2)3/h4-5,7,19H,6H2,1-3H3,(H,15,18)/b16-8+. The van der Waals surface area contributed by atoms with Gasteiger partial charge in [0.15, 0.2) is 5.78 Å². The largest absolute Gasteiger partial charge is 0.411 e. The van der Waals surface area contributed by atoms with E-state index in [1.807, 2.05) is 13.8 Å². The van der Waals surface area contributed by atoms with Crippen molar-refractivity contribution in [3.8, 4) is 0 Å². The molecule has 19 heavy (non-hydrogen) atoms. The molecule has 5 heteroatoms. The predicted molar refractivity (Wildman–Crippen MR) is 71.9 cm³/mol. The average molecular weight is 260 g/mol. The summed E-state index contributed by atoms with van der Waals surface area (Å²) in [5.74, 6) is -0.211. The molecule has 0 spiro atoms. The van der Waals surface area contributed by atoms with Crippen LogP contribution in [0.5, 0.6) is 0 Å². The van der Waals surface area contributed by atoms with Crippen molar-refractivity contribution in [2.24, 2.45) is 5.16 Å². The number of hydrogen-bond donors (Lipinski definition) is 2. The van der Waals surface area contributed by atoms with Crippen LogP contribution in [0.15, 0.2) is 23.4 Å². The molecular weight excluding hydrogens is 244 g/mol. The van der Waals surface area contributed by atoms with Gasteiger partial charge < -0.3 is 10.5 Å². The molecule has 1 aromatic rings. The molecule has 0 saturated heterocycles. The van der Waals surface area contributed by atoms with E-state index in [0.29, 0.717) is 17.0 Å². The SMILES string of the molecule is C/C(CC(=O)c1ccc2c(c1)NC(=O)C2(C)C)=N\O. The van der Waals surface area contributed by atoms with Crippen LogP contribution in [-0.4, -0.2) is 22.6 Å². The Bertz CT molecular complexity index is 588. The smallest absolute Gasteiger partial charge is 0.234 e. The van der Waals surface area contributed by atoms with Crippen molar-refractivity contribution >= 4 is 23.1 Å². The highest BCUT2D eigenvalue weighted by Crippen LogP contribution is 2.37. The zero-order chi connectivity index (χ0) is 14.2. The summed E-state index contributed by atoms with van der Waals surface area (Å²) < 4.78 is 0. The van der Waals surface area contributed by atoms with Crippen LogP contribution in [0.3, 0.4) is 0 Å². The maximum atomic E-state index is 12.0. The van der Waals surface area contributed by atoms with E-state index in [4.69, 9.17) is 5.21 Å². The number of Topliss-reactive ketones (excluding diaryl/α,β-unsaturated/α-hetero) is 1. The Labute approximate surface area is 111 Å². The van der Waals surface area contributed by atoms with Crippen LogP contribution in [0, 0.1) is 0 Å². The highest BCUT2D eigenvalue weighted by molar-refractivity contribution is 6.11. The lowest BCUT2D eigenvalue weighted by molar-refractivity contribution is -0.119. The average Bonchev–Trinajstić information content (AvgIpc) is 2.59. The van der Waals surface area contributed by atoms with Gasteiger partial charge in [-0.15, -0.1) is 0 Å². The second kappa shape index (κ2) is 4.50. The van der Waals surface area contributed by atoms with Gasteiger partial charge in [0.2, 0.25) is 5.91 Å². The summed E-state index contributed by atoms with van der Waals surface area (Å²) in [6, 6.07) is 5.18.